The van der Waals surface area contributed by atoms with Gasteiger partial charge in [0.2, 0.25) is 5.91 Å². The smallest absolute Gasteiger partial charge is 0.253 e. The van der Waals surface area contributed by atoms with Crippen LogP contribution >= 0.6 is 0 Å². The van der Waals surface area contributed by atoms with Crippen molar-refractivity contribution in [3.63, 3.8) is 0 Å². The molecule has 0 spiro atoms. The monoisotopic (exact) mass is 415 g/mol. The van der Waals surface area contributed by atoms with Gasteiger partial charge in [-0.3, -0.25) is 9.59 Å². The molecule has 166 valence electrons. The van der Waals surface area contributed by atoms with Gasteiger partial charge >= 0.3 is 0 Å². The van der Waals surface area contributed by atoms with Crippen LogP contribution in [0.5, 0.6) is 0 Å². The van der Waals surface area contributed by atoms with E-state index in [1.165, 1.54) is 12.8 Å². The summed E-state index contributed by atoms with van der Waals surface area (Å²) < 4.78 is 5.35. The maximum atomic E-state index is 13.0. The van der Waals surface area contributed by atoms with E-state index in [0.717, 1.165) is 63.7 Å². The number of hydrogen-bond acceptors (Lipinski definition) is 4. The first kappa shape index (κ1) is 22.6. The Kier molecular flexibility index (Phi) is 9.00. The Labute approximate surface area is 180 Å². The summed E-state index contributed by atoms with van der Waals surface area (Å²) in [5.74, 6) is 0.0979. The molecule has 0 atom stereocenters. The largest absolute Gasteiger partial charge is 0.382 e. The minimum atomic E-state index is -0.0826. The Morgan fingerprint density at radius 1 is 1.07 bits per heavy atom. The molecule has 1 aliphatic heterocycles. The van der Waals surface area contributed by atoms with Crippen molar-refractivity contribution >= 4 is 23.2 Å². The second kappa shape index (κ2) is 11.9. The van der Waals surface area contributed by atoms with E-state index in [2.05, 4.69) is 15.5 Å². The van der Waals surface area contributed by atoms with Crippen LogP contribution in [0.3, 0.4) is 0 Å². The molecule has 2 aliphatic rings. The third-order valence-corrected chi connectivity index (χ3v) is 6.14. The van der Waals surface area contributed by atoms with Crippen LogP contribution in [0, 0.1) is 5.92 Å². The van der Waals surface area contributed by atoms with Crippen LogP contribution in [0.4, 0.5) is 11.4 Å². The first-order valence-corrected chi connectivity index (χ1v) is 11.7. The zero-order valence-electron chi connectivity index (χ0n) is 18.4. The average Bonchev–Trinajstić information content (AvgIpc) is 2.80. The SMILES string of the molecule is CCOCCCNC(=O)c1cc(NC(=O)C2CCCCC2)ccc1N1CCCCC1. The molecule has 3 rings (SSSR count). The molecule has 0 bridgehead atoms. The van der Waals surface area contributed by atoms with E-state index in [-0.39, 0.29) is 17.7 Å². The van der Waals surface area contributed by atoms with Crippen LogP contribution in [-0.2, 0) is 9.53 Å². The normalized spacial score (nSPS) is 17.6. The van der Waals surface area contributed by atoms with Gasteiger partial charge in [0.25, 0.3) is 5.91 Å². The summed E-state index contributed by atoms with van der Waals surface area (Å²) >= 11 is 0. The van der Waals surface area contributed by atoms with E-state index in [1.54, 1.807) is 0 Å². The first-order chi connectivity index (χ1) is 14.7. The van der Waals surface area contributed by atoms with Crippen molar-refractivity contribution in [2.45, 2.75) is 64.7 Å². The summed E-state index contributed by atoms with van der Waals surface area (Å²) in [6, 6.07) is 5.79. The molecule has 6 nitrogen and oxygen atoms in total. The number of ether oxygens (including phenoxy) is 1. The Morgan fingerprint density at radius 2 is 1.80 bits per heavy atom. The van der Waals surface area contributed by atoms with E-state index in [4.69, 9.17) is 4.74 Å². The topological polar surface area (TPSA) is 70.7 Å². The third kappa shape index (κ3) is 6.46. The minimum Gasteiger partial charge on any atom is -0.382 e. The van der Waals surface area contributed by atoms with Crippen molar-refractivity contribution in [2.75, 3.05) is 43.1 Å². The maximum absolute atomic E-state index is 13.0. The van der Waals surface area contributed by atoms with E-state index >= 15 is 0 Å². The number of amides is 2. The number of carbonyl (C=O) groups is 2. The lowest BCUT2D eigenvalue weighted by Gasteiger charge is -2.30. The highest BCUT2D eigenvalue weighted by molar-refractivity contribution is 6.02. The molecule has 1 heterocycles. The first-order valence-electron chi connectivity index (χ1n) is 11.7. The predicted octanol–water partition coefficient (Wildman–Crippen LogP) is 4.35. The summed E-state index contributed by atoms with van der Waals surface area (Å²) in [6.45, 7) is 5.83. The van der Waals surface area contributed by atoms with Crippen molar-refractivity contribution in [1.82, 2.24) is 5.32 Å². The molecule has 1 aromatic carbocycles. The molecule has 1 aromatic rings. The van der Waals surface area contributed by atoms with Gasteiger partial charge in [0, 0.05) is 50.1 Å². The lowest BCUT2D eigenvalue weighted by Crippen LogP contribution is -2.33. The zero-order valence-corrected chi connectivity index (χ0v) is 18.4. The summed E-state index contributed by atoms with van der Waals surface area (Å²) in [6.07, 6.45) is 9.73. The van der Waals surface area contributed by atoms with E-state index in [0.29, 0.717) is 31.0 Å². The average molecular weight is 416 g/mol. The van der Waals surface area contributed by atoms with E-state index in [1.807, 2.05) is 25.1 Å². The van der Waals surface area contributed by atoms with Crippen LogP contribution in [0.2, 0.25) is 0 Å². The van der Waals surface area contributed by atoms with Gasteiger partial charge in [-0.05, 0) is 63.6 Å². The molecular weight excluding hydrogens is 378 g/mol. The van der Waals surface area contributed by atoms with Crippen LogP contribution in [-0.4, -0.2) is 44.7 Å². The highest BCUT2D eigenvalue weighted by Gasteiger charge is 2.23. The van der Waals surface area contributed by atoms with Gasteiger partial charge < -0.3 is 20.3 Å². The summed E-state index contributed by atoms with van der Waals surface area (Å²) in [5.41, 5.74) is 2.33. The molecule has 2 fully saturated rings. The number of rotatable bonds is 9. The second-order valence-corrected chi connectivity index (χ2v) is 8.41. The quantitative estimate of drug-likeness (QED) is 0.588. The van der Waals surface area contributed by atoms with Gasteiger partial charge in [-0.15, -0.1) is 0 Å². The molecule has 0 aromatic heterocycles. The second-order valence-electron chi connectivity index (χ2n) is 8.41. The molecule has 1 saturated heterocycles. The Balaban J connectivity index is 1.70. The Morgan fingerprint density at radius 3 is 2.53 bits per heavy atom. The number of carbonyl (C=O) groups excluding carboxylic acids is 2. The van der Waals surface area contributed by atoms with Crippen molar-refractivity contribution in [2.24, 2.45) is 5.92 Å². The molecule has 1 aliphatic carbocycles. The van der Waals surface area contributed by atoms with Gasteiger partial charge in [-0.2, -0.15) is 0 Å². The lowest BCUT2D eigenvalue weighted by molar-refractivity contribution is -0.120. The summed E-state index contributed by atoms with van der Waals surface area (Å²) in [5, 5.41) is 6.09. The van der Waals surface area contributed by atoms with Crippen molar-refractivity contribution in [1.29, 1.82) is 0 Å². The molecule has 6 heteroatoms. The van der Waals surface area contributed by atoms with Crippen LogP contribution < -0.4 is 15.5 Å². The molecule has 2 amide bonds. The molecule has 0 unspecified atom stereocenters. The van der Waals surface area contributed by atoms with Gasteiger partial charge in [-0.1, -0.05) is 19.3 Å². The van der Waals surface area contributed by atoms with Gasteiger partial charge in [0.05, 0.1) is 5.56 Å². The van der Waals surface area contributed by atoms with Gasteiger partial charge in [0.1, 0.15) is 0 Å². The molecule has 0 radical (unpaired) electrons. The standard InChI is InChI=1S/C24H37N3O3/c1-2-30-17-9-14-25-24(29)21-18-20(26-23(28)19-10-5-3-6-11-19)12-13-22(21)27-15-7-4-8-16-27/h12-13,18-19H,2-11,14-17H2,1H3,(H,25,29)(H,26,28). The predicted molar refractivity (Wildman–Crippen MR) is 121 cm³/mol. The highest BCUT2D eigenvalue weighted by Crippen LogP contribution is 2.29. The number of piperidine rings is 1. The molecule has 2 N–H and O–H groups in total. The number of hydrogen-bond donors (Lipinski definition) is 2. The number of nitrogens with one attached hydrogen (secondary N) is 2. The fourth-order valence-electron chi connectivity index (χ4n) is 4.43. The lowest BCUT2D eigenvalue weighted by atomic mass is 9.88. The molecular formula is C24H37N3O3. The fraction of sp³-hybridized carbons (Fsp3) is 0.667. The fourth-order valence-corrected chi connectivity index (χ4v) is 4.43. The minimum absolute atomic E-state index is 0.0826. The summed E-state index contributed by atoms with van der Waals surface area (Å²) in [7, 11) is 0. The highest BCUT2D eigenvalue weighted by atomic mass is 16.5. The van der Waals surface area contributed by atoms with E-state index < -0.39 is 0 Å². The molecule has 1 saturated carbocycles. The zero-order chi connectivity index (χ0) is 21.2. The maximum Gasteiger partial charge on any atom is 0.253 e. The van der Waals surface area contributed by atoms with Gasteiger partial charge in [0.15, 0.2) is 0 Å². The van der Waals surface area contributed by atoms with Gasteiger partial charge in [-0.25, -0.2) is 0 Å². The Bertz CT molecular complexity index is 695. The van der Waals surface area contributed by atoms with E-state index in [9.17, 15) is 9.59 Å². The summed E-state index contributed by atoms with van der Waals surface area (Å²) in [4.78, 5) is 28.0. The van der Waals surface area contributed by atoms with Crippen molar-refractivity contribution in [3.05, 3.63) is 23.8 Å². The van der Waals surface area contributed by atoms with Crippen molar-refractivity contribution in [3.8, 4) is 0 Å². The third-order valence-electron chi connectivity index (χ3n) is 6.14. The molecule has 30 heavy (non-hydrogen) atoms. The number of benzene rings is 1. The number of nitrogens with zero attached hydrogens (tertiary/aromatic N) is 1. The Hall–Kier alpha value is -2.08. The van der Waals surface area contributed by atoms with Crippen LogP contribution in [0.15, 0.2) is 18.2 Å². The van der Waals surface area contributed by atoms with Crippen molar-refractivity contribution < 1.29 is 14.3 Å². The number of anilines is 2. The van der Waals surface area contributed by atoms with Crippen LogP contribution in [0.25, 0.3) is 0 Å². The van der Waals surface area contributed by atoms with Crippen LogP contribution in [0.1, 0.15) is 75.1 Å².